The number of hydrogen-bond acceptors (Lipinski definition) is 12. The summed E-state index contributed by atoms with van der Waals surface area (Å²) in [6.07, 6.45) is 12.6. The van der Waals surface area contributed by atoms with Crippen LogP contribution in [0.1, 0.15) is 162 Å². The molecule has 320 valence electrons. The Morgan fingerprint density at radius 3 is 1.83 bits per heavy atom. The third-order valence-corrected chi connectivity index (χ3v) is 12.7. The second-order valence-electron chi connectivity index (χ2n) is 15.9. The van der Waals surface area contributed by atoms with Gasteiger partial charge in [0, 0.05) is 6.42 Å². The van der Waals surface area contributed by atoms with Gasteiger partial charge in [0.25, 0.3) is 0 Å². The molecule has 2 aliphatic heterocycles. The van der Waals surface area contributed by atoms with E-state index in [0.29, 0.717) is 25.7 Å². The lowest BCUT2D eigenvalue weighted by Crippen LogP contribution is -2.60. The van der Waals surface area contributed by atoms with E-state index in [0.717, 1.165) is 64.2 Å². The van der Waals surface area contributed by atoms with Crippen LogP contribution in [0, 0.1) is 0 Å². The summed E-state index contributed by atoms with van der Waals surface area (Å²) in [5.74, 6) is 0.109. The summed E-state index contributed by atoms with van der Waals surface area (Å²) in [7, 11) is -2.89. The third kappa shape index (κ3) is 20.5. The highest BCUT2D eigenvalue weighted by Gasteiger charge is 2.44. The third-order valence-electron chi connectivity index (χ3n) is 11.0. The summed E-state index contributed by atoms with van der Waals surface area (Å²) in [5.41, 5.74) is 0. The Morgan fingerprint density at radius 1 is 0.759 bits per heavy atom. The van der Waals surface area contributed by atoms with Crippen molar-refractivity contribution in [1.29, 1.82) is 0 Å². The lowest BCUT2D eigenvalue weighted by Gasteiger charge is -2.40. The van der Waals surface area contributed by atoms with Crippen molar-refractivity contribution in [3.63, 3.8) is 0 Å². The molecule has 54 heavy (non-hydrogen) atoms. The van der Waals surface area contributed by atoms with Gasteiger partial charge in [-0.25, -0.2) is 8.42 Å². The molecule has 9 atom stereocenters. The molecule has 2 saturated heterocycles. The Kier molecular flexibility index (Phi) is 25.9. The van der Waals surface area contributed by atoms with Crippen molar-refractivity contribution in [1.82, 2.24) is 5.32 Å². The minimum absolute atomic E-state index is 0.0251. The lowest BCUT2D eigenvalue weighted by atomic mass is 9.98. The van der Waals surface area contributed by atoms with E-state index < -0.39 is 65.4 Å². The molecular formula is C40H77NO12S. The number of sulfone groups is 1. The van der Waals surface area contributed by atoms with E-state index in [1.807, 2.05) is 6.92 Å². The molecule has 0 spiro atoms. The Labute approximate surface area is 325 Å². The summed E-state index contributed by atoms with van der Waals surface area (Å²) < 4.78 is 40.4. The molecule has 0 radical (unpaired) electrons. The number of carbonyl (C=O) groups is 1. The second kappa shape index (κ2) is 28.5. The molecule has 14 heteroatoms. The number of aliphatic hydroxyl groups excluding tert-OH is 6. The number of carbonyl (C=O) groups excluding carboxylic acids is 1. The van der Waals surface area contributed by atoms with Gasteiger partial charge in [0.15, 0.2) is 16.1 Å². The minimum Gasteiger partial charge on any atom is -0.394 e. The summed E-state index contributed by atoms with van der Waals surface area (Å²) in [4.78, 5) is 13.0. The van der Waals surface area contributed by atoms with Gasteiger partial charge in [0.1, 0.15) is 30.5 Å². The maximum atomic E-state index is 13.0. The fourth-order valence-corrected chi connectivity index (χ4v) is 8.82. The summed E-state index contributed by atoms with van der Waals surface area (Å²) in [6.45, 7) is 3.31. The predicted octanol–water partition coefficient (Wildman–Crippen LogP) is 4.20. The van der Waals surface area contributed by atoms with Gasteiger partial charge >= 0.3 is 0 Å². The van der Waals surface area contributed by atoms with E-state index in [2.05, 4.69) is 12.2 Å². The zero-order valence-corrected chi connectivity index (χ0v) is 34.2. The van der Waals surface area contributed by atoms with Gasteiger partial charge in [0.2, 0.25) is 5.91 Å². The molecule has 0 aromatic rings. The summed E-state index contributed by atoms with van der Waals surface area (Å²) in [5, 5.41) is 65.0. The molecule has 2 fully saturated rings. The maximum Gasteiger partial charge on any atom is 0.220 e. The van der Waals surface area contributed by atoms with Crippen molar-refractivity contribution in [2.24, 2.45) is 0 Å². The van der Waals surface area contributed by atoms with Crippen LogP contribution in [-0.2, 0) is 28.8 Å². The van der Waals surface area contributed by atoms with Crippen LogP contribution in [0.2, 0.25) is 0 Å². The second-order valence-corrected chi connectivity index (χ2v) is 18.2. The molecule has 0 aromatic heterocycles. The fourth-order valence-electron chi connectivity index (χ4n) is 7.37. The highest BCUT2D eigenvalue weighted by molar-refractivity contribution is 7.91. The quantitative estimate of drug-likeness (QED) is 0.0492. The first-order valence-electron chi connectivity index (χ1n) is 21.3. The molecule has 13 nitrogen and oxygen atoms in total. The molecule has 1 amide bonds. The highest BCUT2D eigenvalue weighted by Crippen LogP contribution is 2.23. The molecule has 2 heterocycles. The van der Waals surface area contributed by atoms with Crippen LogP contribution in [0.4, 0.5) is 0 Å². The van der Waals surface area contributed by atoms with Gasteiger partial charge in [-0.2, -0.15) is 0 Å². The SMILES string of the molecule is CCCCCCCCCCCCCC[C@@H](O)[C@@H](O)[C@H](CO[C@H]1O[C@H](CO)[C@H](O)[C@H](O)[C@H]1O)NC(=O)CCCCCCCCC(C)OC1CCS(=O)(=O)CC1. The summed E-state index contributed by atoms with van der Waals surface area (Å²) in [6, 6.07) is -1.03. The maximum absolute atomic E-state index is 13.0. The predicted molar refractivity (Wildman–Crippen MR) is 209 cm³/mol. The molecule has 2 aliphatic rings. The van der Waals surface area contributed by atoms with Gasteiger partial charge in [-0.3, -0.25) is 4.79 Å². The zero-order valence-electron chi connectivity index (χ0n) is 33.4. The van der Waals surface area contributed by atoms with Crippen molar-refractivity contribution in [3.8, 4) is 0 Å². The van der Waals surface area contributed by atoms with Crippen molar-refractivity contribution in [2.45, 2.75) is 223 Å². The topological polar surface area (TPSA) is 212 Å². The number of ether oxygens (including phenoxy) is 3. The van der Waals surface area contributed by atoms with Gasteiger partial charge in [-0.05, 0) is 39.0 Å². The van der Waals surface area contributed by atoms with Crippen LogP contribution >= 0.6 is 0 Å². The molecule has 2 rings (SSSR count). The minimum atomic E-state index is -2.89. The number of nitrogens with one attached hydrogen (secondary N) is 1. The number of hydrogen-bond donors (Lipinski definition) is 7. The number of rotatable bonds is 31. The zero-order chi connectivity index (χ0) is 39.8. The monoisotopic (exact) mass is 796 g/mol. The van der Waals surface area contributed by atoms with Crippen LogP contribution in [0.15, 0.2) is 0 Å². The Hall–Kier alpha value is -0.940. The summed E-state index contributed by atoms with van der Waals surface area (Å²) >= 11 is 0. The Balaban J connectivity index is 1.72. The Bertz CT molecular complexity index is 1050. The van der Waals surface area contributed by atoms with E-state index >= 15 is 0 Å². The van der Waals surface area contributed by atoms with Crippen LogP contribution < -0.4 is 5.32 Å². The highest BCUT2D eigenvalue weighted by atomic mass is 32.2. The molecular weight excluding hydrogens is 719 g/mol. The smallest absolute Gasteiger partial charge is 0.220 e. The molecule has 0 aliphatic carbocycles. The molecule has 0 aromatic carbocycles. The first-order chi connectivity index (χ1) is 25.9. The van der Waals surface area contributed by atoms with E-state index in [-0.39, 0.29) is 42.6 Å². The first kappa shape index (κ1) is 49.2. The van der Waals surface area contributed by atoms with Crippen molar-refractivity contribution >= 4 is 15.7 Å². The van der Waals surface area contributed by atoms with Crippen molar-refractivity contribution in [2.75, 3.05) is 24.7 Å². The van der Waals surface area contributed by atoms with Crippen LogP contribution in [0.25, 0.3) is 0 Å². The fraction of sp³-hybridized carbons (Fsp3) is 0.975. The number of aliphatic hydroxyl groups is 6. The van der Waals surface area contributed by atoms with E-state index in [1.54, 1.807) is 0 Å². The molecule has 0 bridgehead atoms. The largest absolute Gasteiger partial charge is 0.394 e. The number of unbranched alkanes of at least 4 members (excludes halogenated alkanes) is 16. The van der Waals surface area contributed by atoms with Crippen LogP contribution in [0.5, 0.6) is 0 Å². The van der Waals surface area contributed by atoms with E-state index in [4.69, 9.17) is 14.2 Å². The Morgan fingerprint density at radius 2 is 1.28 bits per heavy atom. The van der Waals surface area contributed by atoms with Crippen LogP contribution in [0.3, 0.4) is 0 Å². The standard InChI is InChI=1S/C40H77NO12S/c1-3-4-5-6-7-8-9-10-11-12-16-19-22-33(43)36(45)32(29-51-40-39(48)38(47)37(46)34(28-42)53-40)41-35(44)23-20-17-14-13-15-18-21-30(2)52-31-24-26-54(49,50)27-25-31/h30-34,36-40,42-43,45-48H,3-29H2,1-2H3,(H,41,44)/t30?,32-,33+,34+,36-,37-,38-,39+,40-/m0/s1. The average molecular weight is 796 g/mol. The lowest BCUT2D eigenvalue weighted by molar-refractivity contribution is -0.303. The van der Waals surface area contributed by atoms with Gasteiger partial charge in [0.05, 0.1) is 49.1 Å². The van der Waals surface area contributed by atoms with Crippen molar-refractivity contribution < 1.29 is 58.1 Å². The molecule has 1 unspecified atom stereocenters. The van der Waals surface area contributed by atoms with Gasteiger partial charge in [-0.1, -0.05) is 116 Å². The first-order valence-corrected chi connectivity index (χ1v) is 23.1. The van der Waals surface area contributed by atoms with Crippen molar-refractivity contribution in [3.05, 3.63) is 0 Å². The van der Waals surface area contributed by atoms with Crippen LogP contribution in [-0.4, -0.2) is 131 Å². The average Bonchev–Trinajstić information content (AvgIpc) is 3.15. The normalized spacial score (nSPS) is 25.6. The number of amides is 1. The molecule has 0 saturated carbocycles. The van der Waals surface area contributed by atoms with Gasteiger partial charge in [-0.15, -0.1) is 0 Å². The molecule has 7 N–H and O–H groups in total. The van der Waals surface area contributed by atoms with E-state index in [9.17, 15) is 43.9 Å². The van der Waals surface area contributed by atoms with Gasteiger partial charge < -0.3 is 50.2 Å². The van der Waals surface area contributed by atoms with E-state index in [1.165, 1.54) is 51.4 Å².